The summed E-state index contributed by atoms with van der Waals surface area (Å²) in [5, 5.41) is 21.3. The number of hydrogen-bond donors (Lipinski definition) is 2. The van der Waals surface area contributed by atoms with Gasteiger partial charge in [0.1, 0.15) is 0 Å². The number of carboxylic acid groups (broad SMARTS) is 1. The molecule has 3 rings (SSSR count). The zero-order chi connectivity index (χ0) is 20.7. The van der Waals surface area contributed by atoms with Crippen LogP contribution in [-0.4, -0.2) is 83.1 Å². The number of aliphatic hydroxyl groups excluding tert-OH is 1. The second kappa shape index (κ2) is 9.78. The zero-order valence-corrected chi connectivity index (χ0v) is 16.7. The molecule has 2 heterocycles. The highest BCUT2D eigenvalue weighted by atomic mass is 32.2. The fourth-order valence-corrected chi connectivity index (χ4v) is 4.25. The number of β-amino-alcohol motifs (C(OH)–C–C–N with tert-alkyl or cyclic N) is 1. The lowest BCUT2D eigenvalue weighted by Gasteiger charge is -2.18. The second-order valence-corrected chi connectivity index (χ2v) is 9.03. The van der Waals surface area contributed by atoms with Crippen LogP contribution in [-0.2, 0) is 21.4 Å². The first-order valence-corrected chi connectivity index (χ1v) is 10.3. The third kappa shape index (κ3) is 5.86. The summed E-state index contributed by atoms with van der Waals surface area (Å²) in [6.07, 6.45) is 3.02. The summed E-state index contributed by atoms with van der Waals surface area (Å²) >= 11 is 0. The molecule has 9 nitrogen and oxygen atoms in total. The van der Waals surface area contributed by atoms with Crippen LogP contribution in [0.5, 0.6) is 0 Å². The smallest absolute Gasteiger partial charge is 0.290 e. The summed E-state index contributed by atoms with van der Waals surface area (Å²) in [5.41, 5.74) is 2.12. The Morgan fingerprint density at radius 2 is 1.89 bits per heavy atom. The van der Waals surface area contributed by atoms with Crippen molar-refractivity contribution >= 4 is 16.5 Å². The van der Waals surface area contributed by atoms with Crippen LogP contribution >= 0.6 is 0 Å². The van der Waals surface area contributed by atoms with Gasteiger partial charge in [-0.25, -0.2) is 17.4 Å². The number of aliphatic hydroxyl groups is 1. The number of aromatic nitrogens is 2. The standard InChI is InChI=1S/C17H24N4O3S.CH2O2/c1-19(2)25(23,24)13-15-11-20(12-17(15)22)10-14-4-6-16(7-5-14)21-9-3-8-18-21;2-1-3/h3-9,15,17,22H,10-13H2,1-2H3;1H,(H,2,3)/t15-,17+;/m0./s1. The molecule has 0 bridgehead atoms. The van der Waals surface area contributed by atoms with E-state index in [1.807, 2.05) is 36.5 Å². The molecule has 28 heavy (non-hydrogen) atoms. The highest BCUT2D eigenvalue weighted by Crippen LogP contribution is 2.22. The van der Waals surface area contributed by atoms with Gasteiger partial charge in [-0.3, -0.25) is 9.69 Å². The Labute approximate surface area is 164 Å². The van der Waals surface area contributed by atoms with E-state index in [2.05, 4.69) is 10.00 Å². The molecule has 1 fully saturated rings. The quantitative estimate of drug-likeness (QED) is 0.656. The Kier molecular flexibility index (Phi) is 7.69. The molecule has 1 aromatic heterocycles. The van der Waals surface area contributed by atoms with Crippen molar-refractivity contribution in [2.75, 3.05) is 32.9 Å². The Hall–Kier alpha value is -2.27. The molecule has 10 heteroatoms. The third-order valence-corrected chi connectivity index (χ3v) is 6.54. The molecule has 0 spiro atoms. The zero-order valence-electron chi connectivity index (χ0n) is 15.9. The van der Waals surface area contributed by atoms with Crippen molar-refractivity contribution in [3.63, 3.8) is 0 Å². The summed E-state index contributed by atoms with van der Waals surface area (Å²) < 4.78 is 27.1. The van der Waals surface area contributed by atoms with Crippen molar-refractivity contribution in [2.24, 2.45) is 5.92 Å². The molecule has 1 aliphatic heterocycles. The molecule has 0 unspecified atom stereocenters. The average molecular weight is 410 g/mol. The van der Waals surface area contributed by atoms with Gasteiger partial charge in [-0.2, -0.15) is 5.10 Å². The minimum atomic E-state index is -3.30. The largest absolute Gasteiger partial charge is 0.483 e. The van der Waals surface area contributed by atoms with Gasteiger partial charge in [0, 0.05) is 52.0 Å². The van der Waals surface area contributed by atoms with Gasteiger partial charge in [0.2, 0.25) is 10.0 Å². The summed E-state index contributed by atoms with van der Waals surface area (Å²) in [5.74, 6) is -0.272. The maximum Gasteiger partial charge on any atom is 0.290 e. The van der Waals surface area contributed by atoms with Gasteiger partial charge in [0.15, 0.2) is 0 Å². The molecular formula is C18H26N4O5S. The predicted octanol–water partition coefficient (Wildman–Crippen LogP) is 0.257. The van der Waals surface area contributed by atoms with Crippen molar-refractivity contribution in [1.29, 1.82) is 0 Å². The number of likely N-dealkylation sites (tertiary alicyclic amines) is 1. The van der Waals surface area contributed by atoms with Gasteiger partial charge in [0.25, 0.3) is 6.47 Å². The van der Waals surface area contributed by atoms with Crippen LogP contribution in [0.2, 0.25) is 0 Å². The SMILES string of the molecule is CN(C)S(=O)(=O)C[C@@H]1CN(Cc2ccc(-n3cccn3)cc2)C[C@H]1O.O=CO. The van der Waals surface area contributed by atoms with Crippen molar-refractivity contribution in [3.05, 3.63) is 48.3 Å². The van der Waals surface area contributed by atoms with Crippen LogP contribution in [0.25, 0.3) is 5.69 Å². The number of nitrogens with zero attached hydrogens (tertiary/aromatic N) is 4. The number of hydrogen-bond acceptors (Lipinski definition) is 6. The molecule has 0 radical (unpaired) electrons. The van der Waals surface area contributed by atoms with Gasteiger partial charge < -0.3 is 10.2 Å². The minimum absolute atomic E-state index is 0.0180. The van der Waals surface area contributed by atoms with E-state index < -0.39 is 16.1 Å². The first-order valence-electron chi connectivity index (χ1n) is 8.74. The van der Waals surface area contributed by atoms with Gasteiger partial charge in [0.05, 0.1) is 17.5 Å². The van der Waals surface area contributed by atoms with Gasteiger partial charge in [-0.15, -0.1) is 0 Å². The molecule has 2 N–H and O–H groups in total. The minimum Gasteiger partial charge on any atom is -0.483 e. The molecule has 1 aliphatic rings. The fraction of sp³-hybridized carbons (Fsp3) is 0.444. The van der Waals surface area contributed by atoms with Gasteiger partial charge in [-0.1, -0.05) is 12.1 Å². The summed E-state index contributed by atoms with van der Waals surface area (Å²) in [4.78, 5) is 10.5. The van der Waals surface area contributed by atoms with E-state index in [4.69, 9.17) is 9.90 Å². The van der Waals surface area contributed by atoms with Gasteiger partial charge in [-0.05, 0) is 23.8 Å². The van der Waals surface area contributed by atoms with Crippen molar-refractivity contribution in [2.45, 2.75) is 12.6 Å². The number of rotatable bonds is 6. The molecule has 0 amide bonds. The van der Waals surface area contributed by atoms with E-state index in [-0.39, 0.29) is 18.1 Å². The van der Waals surface area contributed by atoms with E-state index in [9.17, 15) is 13.5 Å². The second-order valence-electron chi connectivity index (χ2n) is 6.80. The number of sulfonamides is 1. The van der Waals surface area contributed by atoms with E-state index in [0.29, 0.717) is 19.6 Å². The maximum atomic E-state index is 12.0. The maximum absolute atomic E-state index is 12.0. The van der Waals surface area contributed by atoms with Crippen molar-refractivity contribution in [1.82, 2.24) is 19.0 Å². The van der Waals surface area contributed by atoms with Crippen LogP contribution in [0.15, 0.2) is 42.7 Å². The molecule has 2 atom stereocenters. The number of carbonyl (C=O) groups is 1. The van der Waals surface area contributed by atoms with E-state index in [0.717, 1.165) is 11.3 Å². The first-order chi connectivity index (χ1) is 13.3. The van der Waals surface area contributed by atoms with Crippen LogP contribution in [0.3, 0.4) is 0 Å². The van der Waals surface area contributed by atoms with Crippen LogP contribution in [0, 0.1) is 5.92 Å². The molecule has 1 saturated heterocycles. The molecule has 1 aromatic carbocycles. The molecular weight excluding hydrogens is 384 g/mol. The van der Waals surface area contributed by atoms with E-state index in [1.54, 1.807) is 10.9 Å². The third-order valence-electron chi connectivity index (χ3n) is 4.57. The topological polar surface area (TPSA) is 116 Å². The predicted molar refractivity (Wildman–Crippen MR) is 105 cm³/mol. The lowest BCUT2D eigenvalue weighted by atomic mass is 10.1. The lowest BCUT2D eigenvalue weighted by Crippen LogP contribution is -2.33. The average Bonchev–Trinajstić information content (AvgIpc) is 3.27. The van der Waals surface area contributed by atoms with E-state index in [1.165, 1.54) is 18.4 Å². The highest BCUT2D eigenvalue weighted by molar-refractivity contribution is 7.89. The molecule has 0 aliphatic carbocycles. The normalized spacial score (nSPS) is 20.0. The van der Waals surface area contributed by atoms with E-state index >= 15 is 0 Å². The Morgan fingerprint density at radius 1 is 1.25 bits per heavy atom. The van der Waals surface area contributed by atoms with Crippen LogP contribution in [0.1, 0.15) is 5.56 Å². The summed E-state index contributed by atoms with van der Waals surface area (Å²) in [7, 11) is -0.258. The van der Waals surface area contributed by atoms with Crippen molar-refractivity contribution < 1.29 is 23.4 Å². The molecule has 154 valence electrons. The Balaban J connectivity index is 0.000000878. The molecule has 0 saturated carbocycles. The van der Waals surface area contributed by atoms with Crippen molar-refractivity contribution in [3.8, 4) is 5.69 Å². The monoisotopic (exact) mass is 410 g/mol. The summed E-state index contributed by atoms with van der Waals surface area (Å²) in [6.45, 7) is 1.51. The first kappa shape index (κ1) is 22.0. The number of benzene rings is 1. The Bertz CT molecular complexity index is 837. The fourth-order valence-electron chi connectivity index (χ4n) is 3.09. The summed E-state index contributed by atoms with van der Waals surface area (Å²) in [6, 6.07) is 9.95. The van der Waals surface area contributed by atoms with Crippen LogP contribution < -0.4 is 0 Å². The van der Waals surface area contributed by atoms with Gasteiger partial charge >= 0.3 is 0 Å². The Morgan fingerprint density at radius 3 is 2.43 bits per heavy atom. The molecule has 2 aromatic rings. The lowest BCUT2D eigenvalue weighted by molar-refractivity contribution is -0.122. The highest BCUT2D eigenvalue weighted by Gasteiger charge is 2.35. The van der Waals surface area contributed by atoms with Crippen LogP contribution in [0.4, 0.5) is 0 Å².